The van der Waals surface area contributed by atoms with Crippen LogP contribution in [0.4, 0.5) is 0 Å². The van der Waals surface area contributed by atoms with Crippen molar-refractivity contribution in [1.29, 1.82) is 0 Å². The van der Waals surface area contributed by atoms with E-state index in [0.717, 1.165) is 11.8 Å². The van der Waals surface area contributed by atoms with Crippen LogP contribution in [-0.4, -0.2) is 33.4 Å². The van der Waals surface area contributed by atoms with Crippen LogP contribution in [-0.2, 0) is 17.1 Å². The van der Waals surface area contributed by atoms with Crippen LogP contribution in [0, 0.1) is 0 Å². The van der Waals surface area contributed by atoms with Crippen LogP contribution in [0.5, 0.6) is 0 Å². The summed E-state index contributed by atoms with van der Waals surface area (Å²) in [5, 5.41) is 5.26. The molecule has 0 amide bonds. The fraction of sp³-hybridized carbons (Fsp3) is 0.233. The van der Waals surface area contributed by atoms with Crippen LogP contribution in [0.25, 0.3) is 0 Å². The summed E-state index contributed by atoms with van der Waals surface area (Å²) in [6.07, 6.45) is 1.11. The standard InChI is InChI=1S/C25H31NOPSi.C5H5.Fe/c1-19(26(2)3)25-22(18-27)24(29(4,5)6)17-23(25)28(20-13-9-7-10-14-20)21-15-11-8-12-16-21;1-2-4-5-3-1;/h7-19H,1-6H3;1-5H;/q-1;-5;. The maximum atomic E-state index is 12.3. The van der Waals surface area contributed by atoms with Gasteiger partial charge in [-0.3, -0.25) is 0 Å². The summed E-state index contributed by atoms with van der Waals surface area (Å²) in [5.41, 5.74) is 2.14. The number of benzene rings is 2. The first-order chi connectivity index (χ1) is 16.3. The van der Waals surface area contributed by atoms with Crippen molar-refractivity contribution in [2.75, 3.05) is 14.1 Å². The predicted octanol–water partition coefficient (Wildman–Crippen LogP) is 5.55. The molecule has 0 saturated carbocycles. The van der Waals surface area contributed by atoms with E-state index >= 15 is 0 Å². The summed E-state index contributed by atoms with van der Waals surface area (Å²) >= 11 is 0. The summed E-state index contributed by atoms with van der Waals surface area (Å²) in [7, 11) is 1.78. The molecule has 4 rings (SSSR count). The quantitative estimate of drug-likeness (QED) is 0.132. The first-order valence-corrected chi connectivity index (χ1v) is 16.6. The molecule has 35 heavy (non-hydrogen) atoms. The van der Waals surface area contributed by atoms with Crippen LogP contribution in [0.3, 0.4) is 0 Å². The Hall–Kier alpha value is -2.06. The molecule has 0 spiro atoms. The van der Waals surface area contributed by atoms with Crippen LogP contribution >= 0.6 is 7.92 Å². The number of carbonyl (C=O) groups excluding carboxylic acids is 1. The van der Waals surface area contributed by atoms with E-state index in [0.29, 0.717) is 0 Å². The van der Waals surface area contributed by atoms with E-state index in [4.69, 9.17) is 0 Å². The van der Waals surface area contributed by atoms with Gasteiger partial charge in [-0.1, -0.05) is 87.2 Å². The summed E-state index contributed by atoms with van der Waals surface area (Å²) in [6, 6.07) is 34.1. The van der Waals surface area contributed by atoms with E-state index in [1.807, 2.05) is 30.3 Å². The van der Waals surface area contributed by atoms with Crippen molar-refractivity contribution in [1.82, 2.24) is 4.90 Å². The molecule has 190 valence electrons. The van der Waals surface area contributed by atoms with Gasteiger partial charge in [0.25, 0.3) is 0 Å². The normalized spacial score (nSPS) is 12.0. The van der Waals surface area contributed by atoms with E-state index < -0.39 is 16.0 Å². The molecule has 0 bridgehead atoms. The molecule has 0 aromatic heterocycles. The van der Waals surface area contributed by atoms with E-state index in [1.54, 1.807) is 0 Å². The Morgan fingerprint density at radius 2 is 1.29 bits per heavy atom. The van der Waals surface area contributed by atoms with E-state index in [9.17, 15) is 4.79 Å². The molecule has 0 aliphatic heterocycles. The number of rotatable bonds is 7. The van der Waals surface area contributed by atoms with Gasteiger partial charge in [0.15, 0.2) is 0 Å². The van der Waals surface area contributed by atoms with Crippen molar-refractivity contribution in [3.63, 3.8) is 0 Å². The number of hydrogen-bond acceptors (Lipinski definition) is 2. The number of nitrogens with zero attached hydrogens (tertiary/aromatic N) is 1. The number of aldehydes is 1. The van der Waals surface area contributed by atoms with Gasteiger partial charge in [0.05, 0.1) is 6.29 Å². The SMILES string of the molecule is CC([c-]1c(P(c2ccccc2)c2ccccc2)cc([Si](C)(C)C)c1C=O)N(C)C.[Fe].[cH-]1[cH-][cH-][cH-][cH-]1. The topological polar surface area (TPSA) is 20.3 Å². The largest absolute Gasteiger partial charge is 0.748 e. The molecule has 0 heterocycles. The van der Waals surface area contributed by atoms with E-state index in [2.05, 4.69) is 112 Å². The van der Waals surface area contributed by atoms with Gasteiger partial charge in [0.2, 0.25) is 0 Å². The molecular formula is C30H36FeNOPSi-6. The zero-order chi connectivity index (χ0) is 24.7. The number of hydrogen-bond donors (Lipinski definition) is 0. The molecule has 0 radical (unpaired) electrons. The monoisotopic (exact) mass is 541 g/mol. The Bertz CT molecular complexity index is 1090. The third-order valence-corrected chi connectivity index (χ3v) is 10.6. The Balaban J connectivity index is 0.000000640. The van der Waals surface area contributed by atoms with Gasteiger partial charge in [-0.15, -0.1) is 16.4 Å². The average Bonchev–Trinajstić information content (AvgIpc) is 3.52. The Labute approximate surface area is 224 Å². The Kier molecular flexibility index (Phi) is 11.1. The third-order valence-electron chi connectivity index (χ3n) is 6.08. The first kappa shape index (κ1) is 29.2. The molecule has 0 aliphatic rings. The molecule has 4 aromatic rings. The van der Waals surface area contributed by atoms with E-state index in [1.165, 1.54) is 26.7 Å². The molecule has 4 aromatic carbocycles. The van der Waals surface area contributed by atoms with Gasteiger partial charge in [0, 0.05) is 25.1 Å². The minimum absolute atomic E-state index is 0. The average molecular weight is 542 g/mol. The second-order valence-electron chi connectivity index (χ2n) is 9.75. The molecule has 0 saturated heterocycles. The van der Waals surface area contributed by atoms with Crippen molar-refractivity contribution in [2.45, 2.75) is 32.6 Å². The van der Waals surface area contributed by atoms with Crippen molar-refractivity contribution in [3.8, 4) is 0 Å². The summed E-state index contributed by atoms with van der Waals surface area (Å²) in [5.74, 6) is 0. The first-order valence-electron chi connectivity index (χ1n) is 11.8. The van der Waals surface area contributed by atoms with Gasteiger partial charge in [-0.05, 0) is 38.7 Å². The fourth-order valence-electron chi connectivity index (χ4n) is 4.11. The second kappa shape index (κ2) is 13.3. The summed E-state index contributed by atoms with van der Waals surface area (Å²) in [6.45, 7) is 9.20. The molecule has 0 fully saturated rings. The predicted molar refractivity (Wildman–Crippen MR) is 153 cm³/mol. The Morgan fingerprint density at radius 1 is 0.857 bits per heavy atom. The fourth-order valence-corrected chi connectivity index (χ4v) is 8.41. The van der Waals surface area contributed by atoms with Gasteiger partial charge < -0.3 is 40.0 Å². The summed E-state index contributed by atoms with van der Waals surface area (Å²) < 4.78 is 0. The maximum absolute atomic E-state index is 12.3. The van der Waals surface area contributed by atoms with Gasteiger partial charge in [-0.2, -0.15) is 11.3 Å². The van der Waals surface area contributed by atoms with Gasteiger partial charge in [-0.25, -0.2) is 0 Å². The zero-order valence-corrected chi connectivity index (χ0v) is 24.5. The molecule has 2 nitrogen and oxygen atoms in total. The summed E-state index contributed by atoms with van der Waals surface area (Å²) in [4.78, 5) is 14.6. The van der Waals surface area contributed by atoms with Crippen LogP contribution in [0.2, 0.25) is 19.6 Å². The molecule has 5 heteroatoms. The van der Waals surface area contributed by atoms with Crippen molar-refractivity contribution >= 4 is 43.4 Å². The van der Waals surface area contributed by atoms with Crippen LogP contribution in [0.15, 0.2) is 97.1 Å². The van der Waals surface area contributed by atoms with Gasteiger partial charge >= 0.3 is 0 Å². The van der Waals surface area contributed by atoms with Crippen LogP contribution < -0.4 is 21.1 Å². The second-order valence-corrected chi connectivity index (χ2v) is 17.0. The maximum Gasteiger partial charge on any atom is 0.0654 e. The van der Waals surface area contributed by atoms with Crippen molar-refractivity contribution < 1.29 is 21.9 Å². The van der Waals surface area contributed by atoms with Gasteiger partial charge in [0.1, 0.15) is 0 Å². The molecule has 0 aliphatic carbocycles. The minimum Gasteiger partial charge on any atom is -0.748 e. The zero-order valence-electron chi connectivity index (χ0n) is 21.5. The minimum atomic E-state index is -1.68. The molecule has 1 atom stereocenters. The molecular weight excluding hydrogens is 505 g/mol. The molecule has 1 unspecified atom stereocenters. The van der Waals surface area contributed by atoms with E-state index in [-0.39, 0.29) is 23.1 Å². The third kappa shape index (κ3) is 7.23. The Morgan fingerprint density at radius 3 is 1.63 bits per heavy atom. The molecule has 0 N–H and O–H groups in total. The van der Waals surface area contributed by atoms with Crippen molar-refractivity contribution in [3.05, 3.63) is 108 Å². The van der Waals surface area contributed by atoms with Crippen LogP contribution in [0.1, 0.15) is 28.9 Å². The smallest absolute Gasteiger partial charge is 0.0654 e. The number of carbonyl (C=O) groups is 1. The van der Waals surface area contributed by atoms with Crippen molar-refractivity contribution in [2.24, 2.45) is 0 Å².